The number of hydrogen-bond acceptors (Lipinski definition) is 7. The van der Waals surface area contributed by atoms with E-state index < -0.39 is 6.09 Å². The van der Waals surface area contributed by atoms with Crippen molar-refractivity contribution >= 4 is 34.7 Å². The number of rotatable bonds is 5. The monoisotopic (exact) mass is 541 g/mol. The molecule has 0 saturated carbocycles. The van der Waals surface area contributed by atoms with Crippen LogP contribution in [-0.2, 0) is 11.2 Å². The second-order valence-corrected chi connectivity index (χ2v) is 9.95. The number of amides is 1. The lowest BCUT2D eigenvalue weighted by molar-refractivity contribution is -0.613. The first kappa shape index (κ1) is 24.7. The zero-order chi connectivity index (χ0) is 27.1. The molecule has 6 rings (SSSR count). The summed E-state index contributed by atoms with van der Waals surface area (Å²) in [6.07, 6.45) is 4.85. The van der Waals surface area contributed by atoms with Crippen molar-refractivity contribution in [3.8, 4) is 16.8 Å². The minimum Gasteiger partial charge on any atom is -0.618 e. The number of carbonyl (C=O) groups is 1. The Bertz CT molecular complexity index is 1650. The number of benzene rings is 2. The summed E-state index contributed by atoms with van der Waals surface area (Å²) < 4.78 is 7.19. The number of aromatic nitrogens is 5. The van der Waals surface area contributed by atoms with E-state index in [1.54, 1.807) is 16.9 Å². The number of tetrazole rings is 1. The van der Waals surface area contributed by atoms with Gasteiger partial charge in [0.15, 0.2) is 6.20 Å². The maximum Gasteiger partial charge on any atom is 0.411 e. The molecule has 2 aliphatic rings. The van der Waals surface area contributed by atoms with Crippen LogP contribution in [0.25, 0.3) is 22.4 Å². The molecule has 1 atom stereocenters. The number of anilines is 1. The molecule has 4 aromatic rings. The maximum absolute atomic E-state index is 13.5. The highest BCUT2D eigenvalue weighted by Crippen LogP contribution is 2.41. The molecular formula is C28H24ClN7O3. The number of aryl methyl sites for hydroxylation is 1. The highest BCUT2D eigenvalue weighted by molar-refractivity contribution is 6.31. The van der Waals surface area contributed by atoms with Crippen LogP contribution in [0.1, 0.15) is 42.5 Å². The molecule has 0 saturated heterocycles. The molecular weight excluding hydrogens is 518 g/mol. The summed E-state index contributed by atoms with van der Waals surface area (Å²) in [4.78, 5) is 16.4. The average Bonchev–Trinajstić information content (AvgIpc) is 3.69. The van der Waals surface area contributed by atoms with Gasteiger partial charge in [-0.05, 0) is 77.7 Å². The Morgan fingerprint density at radius 3 is 2.74 bits per heavy atom. The molecule has 0 spiro atoms. The van der Waals surface area contributed by atoms with Crippen LogP contribution in [0.5, 0.6) is 0 Å². The number of nitrogens with zero attached hydrogens (tertiary/aromatic N) is 6. The number of pyridine rings is 1. The van der Waals surface area contributed by atoms with Gasteiger partial charge < -0.3 is 9.94 Å². The summed E-state index contributed by atoms with van der Waals surface area (Å²) in [7, 11) is 1.33. The Kier molecular flexibility index (Phi) is 6.32. The molecule has 39 heavy (non-hydrogen) atoms. The van der Waals surface area contributed by atoms with Gasteiger partial charge in [-0.25, -0.2) is 4.79 Å². The maximum atomic E-state index is 13.5. The zero-order valence-corrected chi connectivity index (χ0v) is 22.0. The molecule has 1 aliphatic carbocycles. The second kappa shape index (κ2) is 9.95. The summed E-state index contributed by atoms with van der Waals surface area (Å²) in [6.45, 7) is 1.99. The minimum atomic E-state index is -0.513. The Morgan fingerprint density at radius 2 is 2.00 bits per heavy atom. The SMILES string of the molecule is COC(=O)Nc1ccc(C2=C(C)N=C(C3CCc4cc(-c5cc(Cl)ccc5-n5cnnn5)c[n+]([O-])c43)C2)cc1. The first-order chi connectivity index (χ1) is 18.9. The van der Waals surface area contributed by atoms with E-state index in [2.05, 4.69) is 31.6 Å². The fourth-order valence-electron chi connectivity index (χ4n) is 5.40. The molecule has 2 aromatic heterocycles. The lowest BCUT2D eigenvalue weighted by atomic mass is 9.93. The predicted octanol–water partition coefficient (Wildman–Crippen LogP) is 5.10. The van der Waals surface area contributed by atoms with E-state index in [1.165, 1.54) is 13.4 Å². The first-order valence-electron chi connectivity index (χ1n) is 12.4. The van der Waals surface area contributed by atoms with Crippen LogP contribution in [0.3, 0.4) is 0 Å². The number of aliphatic imine (C=N–C) groups is 1. The van der Waals surface area contributed by atoms with Crippen molar-refractivity contribution in [2.75, 3.05) is 12.4 Å². The Balaban J connectivity index is 1.26. The van der Waals surface area contributed by atoms with Crippen molar-refractivity contribution < 1.29 is 14.3 Å². The van der Waals surface area contributed by atoms with E-state index in [4.69, 9.17) is 16.6 Å². The number of allylic oxidation sites excluding steroid dienone is 2. The molecule has 1 N–H and O–H groups in total. The fourth-order valence-corrected chi connectivity index (χ4v) is 5.57. The van der Waals surface area contributed by atoms with Crippen LogP contribution in [0.15, 0.2) is 71.7 Å². The third-order valence-corrected chi connectivity index (χ3v) is 7.46. The van der Waals surface area contributed by atoms with Gasteiger partial charge in [0.05, 0.1) is 18.7 Å². The molecule has 1 aliphatic heterocycles. The Hall–Kier alpha value is -4.57. The highest BCUT2D eigenvalue weighted by atomic mass is 35.5. The summed E-state index contributed by atoms with van der Waals surface area (Å²) in [5.74, 6) is -0.0578. The van der Waals surface area contributed by atoms with Crippen molar-refractivity contribution in [1.82, 2.24) is 20.2 Å². The molecule has 0 radical (unpaired) electrons. The lowest BCUT2D eigenvalue weighted by Gasteiger charge is -2.15. The van der Waals surface area contributed by atoms with Crippen LogP contribution in [-0.4, -0.2) is 39.1 Å². The molecule has 0 bridgehead atoms. The van der Waals surface area contributed by atoms with Crippen LogP contribution < -0.4 is 10.0 Å². The van der Waals surface area contributed by atoms with E-state index in [1.807, 2.05) is 43.3 Å². The predicted molar refractivity (Wildman–Crippen MR) is 147 cm³/mol. The summed E-state index contributed by atoms with van der Waals surface area (Å²) in [5, 5.41) is 28.1. The van der Waals surface area contributed by atoms with E-state index in [0.717, 1.165) is 68.2 Å². The van der Waals surface area contributed by atoms with Gasteiger partial charge in [-0.15, -0.1) is 5.10 Å². The van der Waals surface area contributed by atoms with E-state index in [-0.39, 0.29) is 5.92 Å². The van der Waals surface area contributed by atoms with Gasteiger partial charge in [-0.1, -0.05) is 23.7 Å². The van der Waals surface area contributed by atoms with Crippen molar-refractivity contribution in [1.29, 1.82) is 0 Å². The van der Waals surface area contributed by atoms with Gasteiger partial charge in [0.2, 0.25) is 5.69 Å². The quantitative estimate of drug-likeness (QED) is 0.277. The Morgan fingerprint density at radius 1 is 1.18 bits per heavy atom. The van der Waals surface area contributed by atoms with Gasteiger partial charge in [-0.3, -0.25) is 10.3 Å². The number of nitrogens with one attached hydrogen (secondary N) is 1. The third-order valence-electron chi connectivity index (χ3n) is 7.22. The van der Waals surface area contributed by atoms with E-state index in [0.29, 0.717) is 17.1 Å². The number of methoxy groups -OCH3 is 1. The fraction of sp³-hybridized carbons (Fsp3) is 0.214. The largest absolute Gasteiger partial charge is 0.618 e. The summed E-state index contributed by atoms with van der Waals surface area (Å²) in [5.41, 5.74) is 8.73. The molecule has 2 aromatic carbocycles. The number of fused-ring (bicyclic) bond motifs is 1. The van der Waals surface area contributed by atoms with Crippen LogP contribution in [0, 0.1) is 5.21 Å². The molecule has 1 unspecified atom stereocenters. The van der Waals surface area contributed by atoms with Gasteiger partial charge in [0.25, 0.3) is 0 Å². The zero-order valence-electron chi connectivity index (χ0n) is 21.3. The molecule has 10 nitrogen and oxygen atoms in total. The Labute approximate surface area is 229 Å². The second-order valence-electron chi connectivity index (χ2n) is 9.51. The third kappa shape index (κ3) is 4.63. The number of hydrogen-bond donors (Lipinski definition) is 1. The molecule has 1 amide bonds. The number of halogens is 1. The van der Waals surface area contributed by atoms with E-state index in [9.17, 15) is 10.0 Å². The van der Waals surface area contributed by atoms with Crippen LogP contribution in [0.4, 0.5) is 10.5 Å². The minimum absolute atomic E-state index is 0.0578. The average molecular weight is 542 g/mol. The van der Waals surface area contributed by atoms with Crippen LogP contribution in [0.2, 0.25) is 5.02 Å². The molecule has 3 heterocycles. The highest BCUT2D eigenvalue weighted by Gasteiger charge is 2.37. The van der Waals surface area contributed by atoms with Crippen molar-refractivity contribution in [3.05, 3.63) is 93.8 Å². The summed E-state index contributed by atoms with van der Waals surface area (Å²) >= 11 is 6.32. The lowest BCUT2D eigenvalue weighted by Crippen LogP contribution is -2.34. The van der Waals surface area contributed by atoms with Crippen molar-refractivity contribution in [3.63, 3.8) is 0 Å². The van der Waals surface area contributed by atoms with Gasteiger partial charge in [0.1, 0.15) is 6.33 Å². The molecule has 196 valence electrons. The molecule has 0 fully saturated rings. The van der Waals surface area contributed by atoms with Gasteiger partial charge >= 0.3 is 6.09 Å². The number of carbonyl (C=O) groups excluding carboxylic acids is 1. The van der Waals surface area contributed by atoms with Crippen LogP contribution >= 0.6 is 11.6 Å². The van der Waals surface area contributed by atoms with Crippen molar-refractivity contribution in [2.24, 2.45) is 4.99 Å². The van der Waals surface area contributed by atoms with E-state index >= 15 is 0 Å². The normalized spacial score (nSPS) is 16.3. The van der Waals surface area contributed by atoms with Gasteiger partial charge in [-0.2, -0.15) is 9.41 Å². The number of ether oxygens (including phenoxy) is 1. The molecule has 11 heteroatoms. The van der Waals surface area contributed by atoms with Gasteiger partial charge in [0, 0.05) is 45.2 Å². The topological polar surface area (TPSA) is 121 Å². The summed E-state index contributed by atoms with van der Waals surface area (Å²) in [6, 6.07) is 15.1. The first-order valence-corrected chi connectivity index (χ1v) is 12.8. The van der Waals surface area contributed by atoms with Crippen molar-refractivity contribution in [2.45, 2.75) is 32.1 Å². The standard InChI is InChI=1S/C28H24ClN7O3/c1-16-23(17-3-7-21(8-4-17)32-28(37)39-2)13-25(31-16)22-9-5-18-11-19(14-36(38)27(18)22)24-12-20(29)6-10-26(24)35-15-30-33-34-35/h3-4,6-8,10-12,14-15,22H,5,9,13H2,1-2H3,(H,32,37). The smallest absolute Gasteiger partial charge is 0.411 e.